The van der Waals surface area contributed by atoms with E-state index in [0.29, 0.717) is 26.2 Å². The fourth-order valence-electron chi connectivity index (χ4n) is 6.99. The molecule has 3 fully saturated rings. The summed E-state index contributed by atoms with van der Waals surface area (Å²) in [5.41, 5.74) is 0. The Morgan fingerprint density at radius 1 is 1.13 bits per heavy atom. The van der Waals surface area contributed by atoms with Crippen LogP contribution in [0.3, 0.4) is 0 Å². The second-order valence-electron chi connectivity index (χ2n) is 11.2. The van der Waals surface area contributed by atoms with Gasteiger partial charge < -0.3 is 19.8 Å². The molecule has 1 spiro atoms. The number of carbonyl (C=O) groups excluding carboxylic acids is 3. The highest BCUT2D eigenvalue weighted by Crippen LogP contribution is 2.66. The fraction of sp³-hybridized carbons (Fsp3) is 0.767. The van der Waals surface area contributed by atoms with E-state index in [0.717, 1.165) is 57.8 Å². The van der Waals surface area contributed by atoms with Crippen LogP contribution >= 0.6 is 11.8 Å². The SMILES string of the molecule is C=CCN(CCC)C(=O)[C@@H]1[C@@H]2CCC3(S2)C(C(=O)N(CC=C)C(C)CCC)N(CCCCCCO)C(=O)[C@H]13. The van der Waals surface area contributed by atoms with E-state index in [9.17, 15) is 14.4 Å². The first-order chi connectivity index (χ1) is 18.3. The van der Waals surface area contributed by atoms with Crippen LogP contribution in [0.2, 0.25) is 0 Å². The van der Waals surface area contributed by atoms with Crippen molar-refractivity contribution in [3.05, 3.63) is 25.3 Å². The van der Waals surface area contributed by atoms with Crippen molar-refractivity contribution >= 4 is 29.5 Å². The summed E-state index contributed by atoms with van der Waals surface area (Å²) < 4.78 is -0.554. The molecule has 3 unspecified atom stereocenters. The van der Waals surface area contributed by atoms with Gasteiger partial charge in [0.25, 0.3) is 0 Å². The van der Waals surface area contributed by atoms with E-state index < -0.39 is 16.7 Å². The molecule has 214 valence electrons. The maximum absolute atomic E-state index is 14.4. The van der Waals surface area contributed by atoms with E-state index in [2.05, 4.69) is 33.9 Å². The van der Waals surface area contributed by atoms with Crippen molar-refractivity contribution in [2.45, 2.75) is 101 Å². The van der Waals surface area contributed by atoms with Gasteiger partial charge in [0.15, 0.2) is 0 Å². The van der Waals surface area contributed by atoms with E-state index >= 15 is 0 Å². The van der Waals surface area contributed by atoms with Gasteiger partial charge >= 0.3 is 0 Å². The molecule has 0 aromatic rings. The van der Waals surface area contributed by atoms with Crippen LogP contribution in [0.15, 0.2) is 25.3 Å². The lowest BCUT2D eigenvalue weighted by Gasteiger charge is -2.39. The molecule has 8 heteroatoms. The summed E-state index contributed by atoms with van der Waals surface area (Å²) in [6, 6.07) is -0.500. The Kier molecular flexibility index (Phi) is 11.3. The molecule has 3 heterocycles. The number of aliphatic hydroxyl groups excluding tert-OH is 1. The Morgan fingerprint density at radius 2 is 1.84 bits per heavy atom. The minimum atomic E-state index is -0.554. The Labute approximate surface area is 234 Å². The molecule has 3 aliphatic rings. The van der Waals surface area contributed by atoms with Gasteiger partial charge in [-0.2, -0.15) is 0 Å². The van der Waals surface area contributed by atoms with E-state index in [-0.39, 0.29) is 41.5 Å². The quantitative estimate of drug-likeness (QED) is 0.217. The smallest absolute Gasteiger partial charge is 0.247 e. The summed E-state index contributed by atoms with van der Waals surface area (Å²) in [5, 5.41) is 9.23. The second kappa shape index (κ2) is 14.0. The topological polar surface area (TPSA) is 81.2 Å². The van der Waals surface area contributed by atoms with Gasteiger partial charge in [0.2, 0.25) is 17.7 Å². The fourth-order valence-corrected chi connectivity index (χ4v) is 9.19. The van der Waals surface area contributed by atoms with Crippen LogP contribution in [-0.2, 0) is 14.4 Å². The van der Waals surface area contributed by atoms with Crippen molar-refractivity contribution in [1.82, 2.24) is 14.7 Å². The first kappa shape index (κ1) is 30.7. The summed E-state index contributed by atoms with van der Waals surface area (Å²) in [6.45, 7) is 16.3. The summed E-state index contributed by atoms with van der Waals surface area (Å²) in [4.78, 5) is 48.1. The maximum atomic E-state index is 14.4. The number of carbonyl (C=O) groups is 3. The van der Waals surface area contributed by atoms with Gasteiger partial charge in [0, 0.05) is 44.1 Å². The zero-order valence-electron chi connectivity index (χ0n) is 23.8. The van der Waals surface area contributed by atoms with Gasteiger partial charge in [0.05, 0.1) is 16.6 Å². The Hall–Kier alpha value is -1.80. The zero-order chi connectivity index (χ0) is 27.9. The third kappa shape index (κ3) is 5.86. The first-order valence-electron chi connectivity index (χ1n) is 14.7. The van der Waals surface area contributed by atoms with Gasteiger partial charge in [0.1, 0.15) is 6.04 Å². The Bertz CT molecular complexity index is 866. The molecule has 7 nitrogen and oxygen atoms in total. The lowest BCUT2D eigenvalue weighted by atomic mass is 9.70. The predicted molar refractivity (Wildman–Crippen MR) is 155 cm³/mol. The number of hydrogen-bond donors (Lipinski definition) is 1. The van der Waals surface area contributed by atoms with Gasteiger partial charge in [-0.3, -0.25) is 14.4 Å². The van der Waals surface area contributed by atoms with Crippen LogP contribution < -0.4 is 0 Å². The van der Waals surface area contributed by atoms with Crippen LogP contribution in [0.1, 0.15) is 78.6 Å². The van der Waals surface area contributed by atoms with Gasteiger partial charge in [-0.1, -0.05) is 45.3 Å². The van der Waals surface area contributed by atoms with Crippen LogP contribution in [-0.4, -0.2) is 92.4 Å². The van der Waals surface area contributed by atoms with Crippen LogP contribution in [0, 0.1) is 11.8 Å². The van der Waals surface area contributed by atoms with E-state index in [1.165, 1.54) is 0 Å². The molecule has 0 aromatic carbocycles. The average molecular weight is 548 g/mol. The highest BCUT2D eigenvalue weighted by Gasteiger charge is 2.74. The molecule has 0 saturated carbocycles. The molecule has 0 aliphatic carbocycles. The molecular formula is C30H49N3O4S. The van der Waals surface area contributed by atoms with Crippen molar-refractivity contribution in [3.8, 4) is 0 Å². The number of nitrogens with zero attached hydrogens (tertiary/aromatic N) is 3. The number of fused-ring (bicyclic) bond motifs is 1. The van der Waals surface area contributed by atoms with Gasteiger partial charge in [-0.25, -0.2) is 0 Å². The zero-order valence-corrected chi connectivity index (χ0v) is 24.6. The molecule has 3 aliphatic heterocycles. The largest absolute Gasteiger partial charge is 0.396 e. The maximum Gasteiger partial charge on any atom is 0.247 e. The normalized spacial score (nSPS) is 28.3. The molecule has 3 rings (SSSR count). The first-order valence-corrected chi connectivity index (χ1v) is 15.6. The highest BCUT2D eigenvalue weighted by atomic mass is 32.2. The van der Waals surface area contributed by atoms with Gasteiger partial charge in [-0.05, 0) is 45.4 Å². The van der Waals surface area contributed by atoms with E-state index in [1.54, 1.807) is 23.9 Å². The minimum absolute atomic E-state index is 0.00909. The highest BCUT2D eigenvalue weighted by molar-refractivity contribution is 8.02. The number of thioether (sulfide) groups is 1. The molecule has 0 aromatic heterocycles. The van der Waals surface area contributed by atoms with Gasteiger partial charge in [-0.15, -0.1) is 24.9 Å². The minimum Gasteiger partial charge on any atom is -0.396 e. The van der Waals surface area contributed by atoms with Crippen molar-refractivity contribution in [2.75, 3.05) is 32.8 Å². The summed E-state index contributed by atoms with van der Waals surface area (Å²) in [5.74, 6) is -0.808. The monoisotopic (exact) mass is 547 g/mol. The standard InChI is InChI=1S/C30H49N3O4S/c1-6-14-22(5)32(19-9-4)29(37)26-30-16-15-23(38-30)24(27(35)31(17-7-2)18-8-3)25(30)28(36)33(26)20-12-10-11-13-21-34/h7,9,22-26,34H,2,4,6,8,10-21H2,1,3,5H3/t22?,23-,24+,25-,26?,30?/m0/s1. The number of hydrogen-bond acceptors (Lipinski definition) is 5. The van der Waals surface area contributed by atoms with E-state index in [4.69, 9.17) is 5.11 Å². The second-order valence-corrected chi connectivity index (χ2v) is 12.8. The molecule has 2 bridgehead atoms. The molecular weight excluding hydrogens is 498 g/mol. The van der Waals surface area contributed by atoms with Crippen molar-refractivity contribution < 1.29 is 19.5 Å². The predicted octanol–water partition coefficient (Wildman–Crippen LogP) is 4.26. The molecule has 3 saturated heterocycles. The molecule has 38 heavy (non-hydrogen) atoms. The van der Waals surface area contributed by atoms with Crippen LogP contribution in [0.5, 0.6) is 0 Å². The number of aliphatic hydroxyl groups is 1. The van der Waals surface area contributed by atoms with Crippen molar-refractivity contribution in [2.24, 2.45) is 11.8 Å². The van der Waals surface area contributed by atoms with Crippen LogP contribution in [0.25, 0.3) is 0 Å². The number of amides is 3. The van der Waals surface area contributed by atoms with Crippen molar-refractivity contribution in [1.29, 1.82) is 0 Å². The third-order valence-electron chi connectivity index (χ3n) is 8.63. The summed E-state index contributed by atoms with van der Waals surface area (Å²) in [6.07, 6.45) is 11.2. The lowest BCUT2D eigenvalue weighted by Crippen LogP contribution is -2.56. The van der Waals surface area contributed by atoms with Crippen molar-refractivity contribution in [3.63, 3.8) is 0 Å². The van der Waals surface area contributed by atoms with E-state index in [1.807, 2.05) is 14.7 Å². The summed E-state index contributed by atoms with van der Waals surface area (Å²) in [7, 11) is 0. The molecule has 3 amide bonds. The third-order valence-corrected chi connectivity index (χ3v) is 10.6. The Balaban J connectivity index is 1.98. The Morgan fingerprint density at radius 3 is 2.47 bits per heavy atom. The lowest BCUT2D eigenvalue weighted by molar-refractivity contribution is -0.145. The number of likely N-dealkylation sites (tertiary alicyclic amines) is 1. The molecule has 0 radical (unpaired) electrons. The molecule has 1 N–H and O–H groups in total. The van der Waals surface area contributed by atoms with Crippen LogP contribution in [0.4, 0.5) is 0 Å². The number of unbranched alkanes of at least 4 members (excludes halogenated alkanes) is 3. The summed E-state index contributed by atoms with van der Waals surface area (Å²) >= 11 is 1.75. The average Bonchev–Trinajstić information content (AvgIpc) is 3.54. The molecule has 6 atom stereocenters. The number of rotatable bonds is 17.